The normalized spacial score (nSPS) is 17.9. The Balaban J connectivity index is 1.54. The summed E-state index contributed by atoms with van der Waals surface area (Å²) in [5.41, 5.74) is 3.27. The van der Waals surface area contributed by atoms with Crippen molar-refractivity contribution in [1.29, 1.82) is 0 Å². The number of rotatable bonds is 8. The first-order chi connectivity index (χ1) is 21.2. The van der Waals surface area contributed by atoms with Crippen LogP contribution in [-0.2, 0) is 6.54 Å². The lowest BCUT2D eigenvalue weighted by Crippen LogP contribution is -2.47. The molecule has 5 rings (SSSR count). The topological polar surface area (TPSA) is 90.3 Å². The highest BCUT2D eigenvalue weighted by atomic mass is 19.4. The molecule has 0 unspecified atom stereocenters. The van der Waals surface area contributed by atoms with Gasteiger partial charge >= 0.3 is 12.5 Å². The van der Waals surface area contributed by atoms with Crippen LogP contribution in [0.15, 0.2) is 54.7 Å². The molecule has 242 valence electrons. The van der Waals surface area contributed by atoms with Crippen LogP contribution in [0.1, 0.15) is 49.3 Å². The maximum absolute atomic E-state index is 13.5. The highest BCUT2D eigenvalue weighted by Gasteiger charge is 2.34. The molecule has 2 aromatic carbocycles. The summed E-state index contributed by atoms with van der Waals surface area (Å²) in [6, 6.07) is 13.4. The molecule has 12 heteroatoms. The second-order valence-electron chi connectivity index (χ2n) is 12.8. The largest absolute Gasteiger partial charge is 0.573 e. The van der Waals surface area contributed by atoms with Crippen LogP contribution in [0.4, 0.5) is 18.0 Å². The number of carbonyl (C=O) groups excluding carboxylic acids is 1. The predicted molar refractivity (Wildman–Crippen MR) is 165 cm³/mol. The van der Waals surface area contributed by atoms with Gasteiger partial charge in [0.25, 0.3) is 5.91 Å². The molecule has 0 bridgehead atoms. The van der Waals surface area contributed by atoms with Gasteiger partial charge in [-0.2, -0.15) is 0 Å². The molecular weight excluding hydrogens is 587 g/mol. The molecule has 0 saturated carbocycles. The molecule has 2 N–H and O–H groups in total. The van der Waals surface area contributed by atoms with Crippen LogP contribution in [0, 0.1) is 0 Å². The molecule has 2 aliphatic heterocycles. The van der Waals surface area contributed by atoms with E-state index in [9.17, 15) is 27.9 Å². The molecule has 2 amide bonds. The number of hydrogen-bond donors (Lipinski definition) is 2. The first kappa shape index (κ1) is 32.4. The number of carboxylic acid groups (broad SMARTS) is 1. The SMILES string of the molecule is CN1CCN(Cc2ccc(-c3c(-c4cccc(OC(F)(F)F)c4)cn4c3C(=O)NC[C@@H]4CCN(C(=O)O)C(C)(C)C)cc2)CC1. The third-order valence-electron chi connectivity index (χ3n) is 8.49. The molecule has 1 aromatic heterocycles. The molecule has 0 aliphatic carbocycles. The molecule has 2 aliphatic rings. The number of ether oxygens (including phenoxy) is 1. The highest BCUT2D eigenvalue weighted by molar-refractivity contribution is 6.05. The molecule has 1 saturated heterocycles. The number of carbonyl (C=O) groups is 2. The van der Waals surface area contributed by atoms with E-state index in [1.54, 1.807) is 12.3 Å². The second kappa shape index (κ2) is 12.8. The van der Waals surface area contributed by atoms with Gasteiger partial charge in [0.2, 0.25) is 0 Å². The Morgan fingerprint density at radius 2 is 1.73 bits per heavy atom. The molecule has 0 radical (unpaired) electrons. The molecule has 0 spiro atoms. The number of aromatic nitrogens is 1. The van der Waals surface area contributed by atoms with E-state index in [0.29, 0.717) is 28.8 Å². The van der Waals surface area contributed by atoms with Gasteiger partial charge in [-0.05, 0) is 63.1 Å². The van der Waals surface area contributed by atoms with Gasteiger partial charge in [-0.15, -0.1) is 13.2 Å². The third-order valence-corrected chi connectivity index (χ3v) is 8.49. The lowest BCUT2D eigenvalue weighted by Gasteiger charge is -2.35. The third kappa shape index (κ3) is 7.62. The molecule has 1 atom stereocenters. The number of nitrogens with one attached hydrogen (secondary N) is 1. The summed E-state index contributed by atoms with van der Waals surface area (Å²) < 4.78 is 45.3. The van der Waals surface area contributed by atoms with E-state index in [2.05, 4.69) is 26.9 Å². The number of nitrogens with zero attached hydrogens (tertiary/aromatic N) is 4. The molecule has 9 nitrogen and oxygen atoms in total. The summed E-state index contributed by atoms with van der Waals surface area (Å²) in [5.74, 6) is -0.663. The van der Waals surface area contributed by atoms with E-state index in [-0.39, 0.29) is 30.8 Å². The Morgan fingerprint density at radius 3 is 2.36 bits per heavy atom. The Bertz CT molecular complexity index is 1520. The van der Waals surface area contributed by atoms with Crippen LogP contribution in [0.2, 0.25) is 0 Å². The van der Waals surface area contributed by atoms with E-state index >= 15 is 0 Å². The van der Waals surface area contributed by atoms with E-state index in [0.717, 1.165) is 43.9 Å². The van der Waals surface area contributed by atoms with Crippen LogP contribution in [0.5, 0.6) is 5.75 Å². The van der Waals surface area contributed by atoms with Crippen molar-refractivity contribution >= 4 is 12.0 Å². The number of fused-ring (bicyclic) bond motifs is 1. The van der Waals surface area contributed by atoms with E-state index < -0.39 is 18.0 Å². The predicted octanol–water partition coefficient (Wildman–Crippen LogP) is 5.92. The summed E-state index contributed by atoms with van der Waals surface area (Å²) in [6.45, 7) is 10.7. The molecule has 3 heterocycles. The number of amides is 2. The quantitative estimate of drug-likeness (QED) is 0.322. The zero-order chi connectivity index (χ0) is 32.5. The van der Waals surface area contributed by atoms with E-state index in [1.807, 2.05) is 49.6 Å². The molecular formula is C33H40F3N5O4. The van der Waals surface area contributed by atoms with Gasteiger partial charge in [0, 0.05) is 68.7 Å². The minimum Gasteiger partial charge on any atom is -0.465 e. The summed E-state index contributed by atoms with van der Waals surface area (Å²) in [6.07, 6.45) is -3.67. The number of halogens is 3. The van der Waals surface area contributed by atoms with Crippen molar-refractivity contribution in [3.8, 4) is 28.0 Å². The number of hydrogen-bond acceptors (Lipinski definition) is 5. The molecule has 3 aromatic rings. The zero-order valence-electron chi connectivity index (χ0n) is 26.0. The van der Waals surface area contributed by atoms with Crippen molar-refractivity contribution in [2.24, 2.45) is 0 Å². The van der Waals surface area contributed by atoms with Crippen molar-refractivity contribution in [2.45, 2.75) is 51.7 Å². The lowest BCUT2D eigenvalue weighted by molar-refractivity contribution is -0.274. The first-order valence-electron chi connectivity index (χ1n) is 15.1. The van der Waals surface area contributed by atoms with Gasteiger partial charge in [-0.3, -0.25) is 9.69 Å². The fourth-order valence-electron chi connectivity index (χ4n) is 6.09. The van der Waals surface area contributed by atoms with Crippen LogP contribution in [0.25, 0.3) is 22.3 Å². The van der Waals surface area contributed by atoms with Gasteiger partial charge < -0.3 is 29.5 Å². The summed E-state index contributed by atoms with van der Waals surface area (Å²) in [4.78, 5) is 31.5. The van der Waals surface area contributed by atoms with Gasteiger partial charge in [-0.25, -0.2) is 4.79 Å². The van der Waals surface area contributed by atoms with E-state index in [4.69, 9.17) is 0 Å². The number of alkyl halides is 3. The summed E-state index contributed by atoms with van der Waals surface area (Å²) in [5, 5.41) is 12.8. The maximum Gasteiger partial charge on any atom is 0.573 e. The Kier molecular flexibility index (Phi) is 9.18. The lowest BCUT2D eigenvalue weighted by atomic mass is 9.95. The maximum atomic E-state index is 13.5. The molecule has 45 heavy (non-hydrogen) atoms. The minimum absolute atomic E-state index is 0.234. The summed E-state index contributed by atoms with van der Waals surface area (Å²) in [7, 11) is 2.11. The Morgan fingerprint density at radius 1 is 1.04 bits per heavy atom. The van der Waals surface area contributed by atoms with Crippen LogP contribution in [0.3, 0.4) is 0 Å². The van der Waals surface area contributed by atoms with Gasteiger partial charge in [0.1, 0.15) is 11.4 Å². The minimum atomic E-state index is -4.85. The Hall–Kier alpha value is -4.03. The fraction of sp³-hybridized carbons (Fsp3) is 0.455. The monoisotopic (exact) mass is 627 g/mol. The van der Waals surface area contributed by atoms with Gasteiger partial charge in [0.15, 0.2) is 0 Å². The standard InChI is InChI=1S/C33H40F3N5O4/c1-32(2,3)41(31(43)44)13-12-25-19-37-30(42)29-28(23-10-8-22(9-11-23)20-39-16-14-38(4)15-17-39)27(21-40(25)29)24-6-5-7-26(18-24)45-33(34,35)36/h5-11,18,21,25H,12-17,19-20H2,1-4H3,(H,37,42)(H,43,44)/t25-/m0/s1. The van der Waals surface area contributed by atoms with Crippen molar-refractivity contribution in [1.82, 2.24) is 24.6 Å². The average molecular weight is 628 g/mol. The summed E-state index contributed by atoms with van der Waals surface area (Å²) >= 11 is 0. The van der Waals surface area contributed by atoms with Crippen molar-refractivity contribution in [2.75, 3.05) is 46.3 Å². The van der Waals surface area contributed by atoms with Crippen LogP contribution in [-0.4, -0.2) is 94.6 Å². The average Bonchev–Trinajstić information content (AvgIpc) is 3.36. The Labute approximate surface area is 261 Å². The number of piperazine rings is 1. The van der Waals surface area contributed by atoms with E-state index in [1.165, 1.54) is 23.1 Å². The van der Waals surface area contributed by atoms with Crippen molar-refractivity contribution in [3.63, 3.8) is 0 Å². The van der Waals surface area contributed by atoms with Crippen molar-refractivity contribution < 1.29 is 32.6 Å². The smallest absolute Gasteiger partial charge is 0.465 e. The zero-order valence-corrected chi connectivity index (χ0v) is 26.0. The molecule has 1 fully saturated rings. The first-order valence-corrected chi connectivity index (χ1v) is 15.1. The van der Waals surface area contributed by atoms with Crippen LogP contribution < -0.4 is 10.1 Å². The second-order valence-corrected chi connectivity index (χ2v) is 12.8. The fourth-order valence-corrected chi connectivity index (χ4v) is 6.09. The van der Waals surface area contributed by atoms with Crippen molar-refractivity contribution in [3.05, 3.63) is 66.0 Å². The van der Waals surface area contributed by atoms with Gasteiger partial charge in [-0.1, -0.05) is 36.4 Å². The number of likely N-dealkylation sites (N-methyl/N-ethyl adjacent to an activating group) is 1. The number of benzene rings is 2. The van der Waals surface area contributed by atoms with Gasteiger partial charge in [0.05, 0.1) is 6.04 Å². The van der Waals surface area contributed by atoms with Crippen LogP contribution >= 0.6 is 0 Å². The highest BCUT2D eigenvalue weighted by Crippen LogP contribution is 2.41.